The summed E-state index contributed by atoms with van der Waals surface area (Å²) in [4.78, 5) is 8.91. The lowest BCUT2D eigenvalue weighted by molar-refractivity contribution is 0.360. The van der Waals surface area contributed by atoms with Crippen LogP contribution in [0.25, 0.3) is 0 Å². The maximum absolute atomic E-state index is 8.82. The van der Waals surface area contributed by atoms with E-state index in [1.54, 1.807) is 6.07 Å². The Balaban J connectivity index is 2.14. The van der Waals surface area contributed by atoms with E-state index in [1.165, 1.54) is 0 Å². The fourth-order valence-electron chi connectivity index (χ4n) is 1.94. The SMILES string of the molecule is CN1CCCN(c2cccc(C#N)n2)CC1. The lowest BCUT2D eigenvalue weighted by Crippen LogP contribution is -2.29. The topological polar surface area (TPSA) is 43.2 Å². The molecule has 4 heteroatoms. The molecule has 1 aliphatic heterocycles. The molecule has 0 amide bonds. The Morgan fingerprint density at radius 2 is 2.12 bits per heavy atom. The summed E-state index contributed by atoms with van der Waals surface area (Å²) in [5.41, 5.74) is 0.495. The maximum atomic E-state index is 8.82. The van der Waals surface area contributed by atoms with E-state index in [1.807, 2.05) is 12.1 Å². The molecule has 0 unspecified atom stereocenters. The highest BCUT2D eigenvalue weighted by atomic mass is 15.2. The highest BCUT2D eigenvalue weighted by molar-refractivity contribution is 5.41. The van der Waals surface area contributed by atoms with Crippen molar-refractivity contribution in [2.45, 2.75) is 6.42 Å². The monoisotopic (exact) mass is 216 g/mol. The fraction of sp³-hybridized carbons (Fsp3) is 0.500. The Bertz CT molecular complexity index is 396. The summed E-state index contributed by atoms with van der Waals surface area (Å²) in [6.45, 7) is 4.19. The van der Waals surface area contributed by atoms with Crippen molar-refractivity contribution < 1.29 is 0 Å². The van der Waals surface area contributed by atoms with Gasteiger partial charge in [-0.15, -0.1) is 0 Å². The Kier molecular flexibility index (Phi) is 3.37. The first kappa shape index (κ1) is 10.9. The van der Waals surface area contributed by atoms with Crippen molar-refractivity contribution in [2.75, 3.05) is 38.1 Å². The average molecular weight is 216 g/mol. The summed E-state index contributed by atoms with van der Waals surface area (Å²) in [6.07, 6.45) is 1.15. The molecule has 0 aliphatic carbocycles. The highest BCUT2D eigenvalue weighted by Gasteiger charge is 2.13. The molecule has 0 atom stereocenters. The normalized spacial score (nSPS) is 17.9. The summed E-state index contributed by atoms with van der Waals surface area (Å²) in [5, 5.41) is 8.82. The van der Waals surface area contributed by atoms with Crippen LogP contribution in [0.1, 0.15) is 12.1 Å². The number of anilines is 1. The number of rotatable bonds is 1. The van der Waals surface area contributed by atoms with E-state index in [2.05, 4.69) is 27.9 Å². The molecule has 84 valence electrons. The lowest BCUT2D eigenvalue weighted by atomic mass is 10.3. The number of pyridine rings is 1. The van der Waals surface area contributed by atoms with Gasteiger partial charge >= 0.3 is 0 Å². The van der Waals surface area contributed by atoms with Crippen molar-refractivity contribution in [3.05, 3.63) is 23.9 Å². The minimum Gasteiger partial charge on any atom is -0.355 e. The second-order valence-electron chi connectivity index (χ2n) is 4.14. The summed E-state index contributed by atoms with van der Waals surface area (Å²) < 4.78 is 0. The van der Waals surface area contributed by atoms with Crippen LogP contribution in [0, 0.1) is 11.3 Å². The molecule has 2 heterocycles. The minimum atomic E-state index is 0.495. The summed E-state index contributed by atoms with van der Waals surface area (Å²) >= 11 is 0. The minimum absolute atomic E-state index is 0.495. The smallest absolute Gasteiger partial charge is 0.142 e. The Labute approximate surface area is 96.1 Å². The summed E-state index contributed by atoms with van der Waals surface area (Å²) in [6, 6.07) is 7.70. The zero-order valence-electron chi connectivity index (χ0n) is 9.56. The van der Waals surface area contributed by atoms with E-state index in [-0.39, 0.29) is 0 Å². The van der Waals surface area contributed by atoms with E-state index in [0.717, 1.165) is 38.4 Å². The maximum Gasteiger partial charge on any atom is 0.142 e. The standard InChI is InChI=1S/C12H16N4/c1-15-6-3-7-16(9-8-15)12-5-2-4-11(10-13)14-12/h2,4-5H,3,6-9H2,1H3. The number of aromatic nitrogens is 1. The first-order valence-electron chi connectivity index (χ1n) is 5.60. The van der Waals surface area contributed by atoms with Crippen LogP contribution in [-0.4, -0.2) is 43.1 Å². The number of likely N-dealkylation sites (N-methyl/N-ethyl adjacent to an activating group) is 1. The largest absolute Gasteiger partial charge is 0.355 e. The summed E-state index contributed by atoms with van der Waals surface area (Å²) in [7, 11) is 2.14. The van der Waals surface area contributed by atoms with Gasteiger partial charge in [-0.3, -0.25) is 0 Å². The van der Waals surface area contributed by atoms with Crippen LogP contribution in [0.5, 0.6) is 0 Å². The predicted octanol–water partition coefficient (Wildman–Crippen LogP) is 1.10. The van der Waals surface area contributed by atoms with Crippen molar-refractivity contribution >= 4 is 5.82 Å². The number of nitrogens with zero attached hydrogens (tertiary/aromatic N) is 4. The Hall–Kier alpha value is -1.60. The van der Waals surface area contributed by atoms with E-state index in [4.69, 9.17) is 5.26 Å². The number of hydrogen-bond donors (Lipinski definition) is 0. The van der Waals surface area contributed by atoms with Crippen LogP contribution in [0.2, 0.25) is 0 Å². The molecule has 1 aliphatic rings. The van der Waals surface area contributed by atoms with E-state index >= 15 is 0 Å². The first-order valence-corrected chi connectivity index (χ1v) is 5.60. The molecule has 0 bridgehead atoms. The van der Waals surface area contributed by atoms with Crippen LogP contribution in [0.3, 0.4) is 0 Å². The average Bonchev–Trinajstić information content (AvgIpc) is 2.54. The quantitative estimate of drug-likeness (QED) is 0.705. The third kappa shape index (κ3) is 2.50. The van der Waals surface area contributed by atoms with Gasteiger partial charge < -0.3 is 9.80 Å². The molecule has 2 rings (SSSR count). The fourth-order valence-corrected chi connectivity index (χ4v) is 1.94. The highest BCUT2D eigenvalue weighted by Crippen LogP contribution is 2.13. The zero-order chi connectivity index (χ0) is 11.4. The molecule has 0 N–H and O–H groups in total. The van der Waals surface area contributed by atoms with Crippen LogP contribution >= 0.6 is 0 Å². The third-order valence-corrected chi connectivity index (χ3v) is 2.89. The van der Waals surface area contributed by atoms with Gasteiger partial charge in [-0.25, -0.2) is 4.98 Å². The van der Waals surface area contributed by atoms with Crippen LogP contribution in [-0.2, 0) is 0 Å². The van der Waals surface area contributed by atoms with Crippen LogP contribution in [0.4, 0.5) is 5.82 Å². The van der Waals surface area contributed by atoms with Gasteiger partial charge in [-0.2, -0.15) is 5.26 Å². The zero-order valence-corrected chi connectivity index (χ0v) is 9.56. The van der Waals surface area contributed by atoms with Gasteiger partial charge in [0.15, 0.2) is 0 Å². The molecule has 1 aromatic heterocycles. The number of hydrogen-bond acceptors (Lipinski definition) is 4. The van der Waals surface area contributed by atoms with Crippen LogP contribution in [0.15, 0.2) is 18.2 Å². The van der Waals surface area contributed by atoms with Crippen molar-refractivity contribution in [1.29, 1.82) is 5.26 Å². The van der Waals surface area contributed by atoms with Gasteiger partial charge in [0.1, 0.15) is 17.6 Å². The molecule has 1 fully saturated rings. The van der Waals surface area contributed by atoms with E-state index in [0.29, 0.717) is 5.69 Å². The molecule has 0 spiro atoms. The van der Waals surface area contributed by atoms with Crippen molar-refractivity contribution in [3.63, 3.8) is 0 Å². The second kappa shape index (κ2) is 4.95. The summed E-state index contributed by atoms with van der Waals surface area (Å²) in [5.74, 6) is 0.925. The van der Waals surface area contributed by atoms with Gasteiger partial charge in [-0.1, -0.05) is 6.07 Å². The molecular formula is C12H16N4. The Morgan fingerprint density at radius 3 is 2.94 bits per heavy atom. The van der Waals surface area contributed by atoms with E-state index in [9.17, 15) is 0 Å². The van der Waals surface area contributed by atoms with E-state index < -0.39 is 0 Å². The molecule has 4 nitrogen and oxygen atoms in total. The molecular weight excluding hydrogens is 200 g/mol. The second-order valence-corrected chi connectivity index (χ2v) is 4.14. The first-order chi connectivity index (χ1) is 7.79. The van der Waals surface area contributed by atoms with Gasteiger partial charge in [0.05, 0.1) is 0 Å². The number of nitriles is 1. The predicted molar refractivity (Wildman–Crippen MR) is 63.3 cm³/mol. The molecule has 0 radical (unpaired) electrons. The third-order valence-electron chi connectivity index (χ3n) is 2.89. The lowest BCUT2D eigenvalue weighted by Gasteiger charge is -2.21. The molecule has 1 aromatic rings. The van der Waals surface area contributed by atoms with Crippen LogP contribution < -0.4 is 4.90 Å². The van der Waals surface area contributed by atoms with Crippen molar-refractivity contribution in [3.8, 4) is 6.07 Å². The van der Waals surface area contributed by atoms with Gasteiger partial charge in [0.25, 0.3) is 0 Å². The van der Waals surface area contributed by atoms with Crippen molar-refractivity contribution in [2.24, 2.45) is 0 Å². The molecule has 1 saturated heterocycles. The molecule has 16 heavy (non-hydrogen) atoms. The van der Waals surface area contributed by atoms with Gasteiger partial charge in [0, 0.05) is 19.6 Å². The van der Waals surface area contributed by atoms with Gasteiger partial charge in [0.2, 0.25) is 0 Å². The molecule has 0 saturated carbocycles. The Morgan fingerprint density at radius 1 is 1.25 bits per heavy atom. The van der Waals surface area contributed by atoms with Gasteiger partial charge in [-0.05, 0) is 32.1 Å². The molecule has 0 aromatic carbocycles. The van der Waals surface area contributed by atoms with Crippen molar-refractivity contribution in [1.82, 2.24) is 9.88 Å².